The molecule has 6 heteroatoms. The smallest absolute Gasteiger partial charge is 0.390 e. The summed E-state index contributed by atoms with van der Waals surface area (Å²) in [5.74, 6) is -0.182. The molecule has 0 aromatic carbocycles. The van der Waals surface area contributed by atoms with Crippen molar-refractivity contribution >= 4 is 5.82 Å². The molecule has 0 saturated heterocycles. The lowest BCUT2D eigenvalue weighted by Crippen LogP contribution is -2.14. The predicted octanol–water partition coefficient (Wildman–Crippen LogP) is 0.481. The molecular weight excluding hydrogens is 174 g/mol. The molecule has 6 nitrogen and oxygen atoms in total. The van der Waals surface area contributed by atoms with E-state index in [1.165, 1.54) is 10.7 Å². The van der Waals surface area contributed by atoms with Crippen molar-refractivity contribution in [1.82, 2.24) is 9.78 Å². The van der Waals surface area contributed by atoms with Crippen LogP contribution in [-0.4, -0.2) is 25.9 Å². The zero-order valence-corrected chi connectivity index (χ0v) is 7.47. The Hall–Kier alpha value is -1.43. The summed E-state index contributed by atoms with van der Waals surface area (Å²) >= 11 is 0. The molecule has 72 valence electrons. The average Bonchev–Trinajstić information content (AvgIpc) is 2.31. The second kappa shape index (κ2) is 3.53. The summed E-state index contributed by atoms with van der Waals surface area (Å²) in [4.78, 5) is 9.77. The molecule has 1 rings (SSSR count). The molecular formula is C7H11N3O3. The van der Waals surface area contributed by atoms with E-state index in [0.717, 1.165) is 0 Å². The summed E-state index contributed by atoms with van der Waals surface area (Å²) < 4.78 is 1.42. The second-order valence-corrected chi connectivity index (χ2v) is 2.93. The minimum atomic E-state index is -0.557. The van der Waals surface area contributed by atoms with Crippen LogP contribution in [0.3, 0.4) is 0 Å². The van der Waals surface area contributed by atoms with Crippen LogP contribution in [0.25, 0.3) is 0 Å². The van der Waals surface area contributed by atoms with E-state index < -0.39 is 11.0 Å². The van der Waals surface area contributed by atoms with Gasteiger partial charge in [-0.25, -0.2) is 0 Å². The highest BCUT2D eigenvalue weighted by Gasteiger charge is 2.15. The fourth-order valence-electron chi connectivity index (χ4n) is 1.02. The Kier molecular flexibility index (Phi) is 2.62. The monoisotopic (exact) mass is 185 g/mol. The number of aliphatic hydroxyl groups is 1. The van der Waals surface area contributed by atoms with Crippen LogP contribution in [0, 0.1) is 17.0 Å². The quantitative estimate of drug-likeness (QED) is 0.548. The van der Waals surface area contributed by atoms with Crippen LogP contribution in [-0.2, 0) is 6.54 Å². The number of aromatic nitrogens is 2. The van der Waals surface area contributed by atoms with Gasteiger partial charge in [0.15, 0.2) is 0 Å². The van der Waals surface area contributed by atoms with E-state index in [-0.39, 0.29) is 12.4 Å². The van der Waals surface area contributed by atoms with Gasteiger partial charge in [-0.05, 0) is 18.8 Å². The molecule has 1 atom stereocenters. The van der Waals surface area contributed by atoms with Gasteiger partial charge in [-0.2, -0.15) is 4.68 Å². The Morgan fingerprint density at radius 2 is 2.46 bits per heavy atom. The van der Waals surface area contributed by atoms with Gasteiger partial charge in [0.1, 0.15) is 0 Å². The number of aryl methyl sites for hydroxylation is 1. The maximum Gasteiger partial charge on any atom is 0.390 e. The number of hydrogen-bond acceptors (Lipinski definition) is 4. The molecule has 0 aliphatic rings. The van der Waals surface area contributed by atoms with E-state index in [1.54, 1.807) is 13.8 Å². The van der Waals surface area contributed by atoms with E-state index in [1.807, 2.05) is 0 Å². The largest absolute Gasteiger partial charge is 0.391 e. The first-order chi connectivity index (χ1) is 6.00. The molecule has 1 aromatic rings. The zero-order chi connectivity index (χ0) is 10.0. The van der Waals surface area contributed by atoms with Crippen molar-refractivity contribution in [2.45, 2.75) is 26.5 Å². The van der Waals surface area contributed by atoms with Crippen LogP contribution in [0.15, 0.2) is 6.07 Å². The van der Waals surface area contributed by atoms with E-state index >= 15 is 0 Å². The first kappa shape index (κ1) is 9.66. The fraction of sp³-hybridized carbons (Fsp3) is 0.571. The van der Waals surface area contributed by atoms with Gasteiger partial charge in [0.05, 0.1) is 29.5 Å². The number of aliphatic hydroxyl groups excluding tert-OH is 1. The number of nitrogens with zero attached hydrogens (tertiary/aromatic N) is 3. The summed E-state index contributed by atoms with van der Waals surface area (Å²) in [5, 5.41) is 23.1. The van der Waals surface area contributed by atoms with Gasteiger partial charge in [-0.1, -0.05) is 0 Å². The van der Waals surface area contributed by atoms with Crippen LogP contribution in [0.4, 0.5) is 5.82 Å². The Labute approximate surface area is 74.9 Å². The van der Waals surface area contributed by atoms with Crippen LogP contribution in [0.5, 0.6) is 0 Å². The Balaban J connectivity index is 2.90. The fourth-order valence-corrected chi connectivity index (χ4v) is 1.02. The molecule has 0 fully saturated rings. The topological polar surface area (TPSA) is 81.2 Å². The van der Waals surface area contributed by atoms with Crippen molar-refractivity contribution in [1.29, 1.82) is 0 Å². The zero-order valence-electron chi connectivity index (χ0n) is 7.47. The van der Waals surface area contributed by atoms with Gasteiger partial charge in [0.25, 0.3) is 0 Å². The van der Waals surface area contributed by atoms with Crippen LogP contribution >= 0.6 is 0 Å². The third-order valence-corrected chi connectivity index (χ3v) is 1.59. The SMILES string of the molecule is Cc1cc([N+](=O)[O-])nn1CC(C)O. The molecule has 0 saturated carbocycles. The highest BCUT2D eigenvalue weighted by Crippen LogP contribution is 2.10. The van der Waals surface area contributed by atoms with Crippen molar-refractivity contribution < 1.29 is 10.0 Å². The van der Waals surface area contributed by atoms with Gasteiger partial charge < -0.3 is 15.2 Å². The molecule has 1 N–H and O–H groups in total. The van der Waals surface area contributed by atoms with Crippen molar-refractivity contribution in [2.24, 2.45) is 0 Å². The van der Waals surface area contributed by atoms with E-state index in [9.17, 15) is 10.1 Å². The summed E-state index contributed by atoms with van der Waals surface area (Å²) in [6, 6.07) is 1.38. The standard InChI is InChI=1S/C7H11N3O3/c1-5-3-7(10(12)13)8-9(5)4-6(2)11/h3,6,11H,4H2,1-2H3. The molecule has 0 amide bonds. The van der Waals surface area contributed by atoms with Crippen molar-refractivity contribution in [3.63, 3.8) is 0 Å². The lowest BCUT2D eigenvalue weighted by Gasteiger charge is -2.01. The van der Waals surface area contributed by atoms with E-state index in [4.69, 9.17) is 5.11 Å². The van der Waals surface area contributed by atoms with E-state index in [0.29, 0.717) is 5.69 Å². The number of rotatable bonds is 3. The average molecular weight is 185 g/mol. The second-order valence-electron chi connectivity index (χ2n) is 2.93. The highest BCUT2D eigenvalue weighted by atomic mass is 16.6. The van der Waals surface area contributed by atoms with Gasteiger partial charge in [0, 0.05) is 0 Å². The maximum absolute atomic E-state index is 10.3. The number of nitro groups is 1. The predicted molar refractivity (Wildman–Crippen MR) is 45.3 cm³/mol. The van der Waals surface area contributed by atoms with E-state index in [2.05, 4.69) is 5.10 Å². The normalized spacial score (nSPS) is 12.8. The van der Waals surface area contributed by atoms with Crippen LogP contribution in [0.2, 0.25) is 0 Å². The molecule has 0 aliphatic carbocycles. The maximum atomic E-state index is 10.3. The molecule has 1 heterocycles. The van der Waals surface area contributed by atoms with Crippen molar-refractivity contribution in [2.75, 3.05) is 0 Å². The highest BCUT2D eigenvalue weighted by molar-refractivity contribution is 5.20. The summed E-state index contributed by atoms with van der Waals surface area (Å²) in [7, 11) is 0. The van der Waals surface area contributed by atoms with Crippen molar-refractivity contribution in [3.8, 4) is 0 Å². The molecule has 13 heavy (non-hydrogen) atoms. The third-order valence-electron chi connectivity index (χ3n) is 1.59. The first-order valence-electron chi connectivity index (χ1n) is 3.87. The minimum absolute atomic E-state index is 0.182. The van der Waals surface area contributed by atoms with Crippen LogP contribution in [0.1, 0.15) is 12.6 Å². The minimum Gasteiger partial charge on any atom is -0.391 e. The van der Waals surface area contributed by atoms with Gasteiger partial charge in [0.2, 0.25) is 0 Å². The molecule has 0 aliphatic heterocycles. The third kappa shape index (κ3) is 2.25. The van der Waals surface area contributed by atoms with Gasteiger partial charge >= 0.3 is 5.82 Å². The molecule has 0 radical (unpaired) electrons. The Morgan fingerprint density at radius 1 is 1.85 bits per heavy atom. The Bertz CT molecular complexity index is 319. The lowest BCUT2D eigenvalue weighted by molar-refractivity contribution is -0.389. The van der Waals surface area contributed by atoms with Crippen LogP contribution < -0.4 is 0 Å². The Morgan fingerprint density at radius 3 is 2.85 bits per heavy atom. The summed E-state index contributed by atoms with van der Waals surface area (Å²) in [6.45, 7) is 3.59. The van der Waals surface area contributed by atoms with Gasteiger partial charge in [-0.3, -0.25) is 0 Å². The number of hydrogen-bond donors (Lipinski definition) is 1. The van der Waals surface area contributed by atoms with Gasteiger partial charge in [-0.15, -0.1) is 0 Å². The molecule has 0 bridgehead atoms. The molecule has 0 spiro atoms. The summed E-state index contributed by atoms with van der Waals surface area (Å²) in [5.41, 5.74) is 0.674. The summed E-state index contributed by atoms with van der Waals surface area (Å²) in [6.07, 6.45) is -0.557. The molecule has 1 unspecified atom stereocenters. The lowest BCUT2D eigenvalue weighted by atomic mass is 10.4. The first-order valence-corrected chi connectivity index (χ1v) is 3.87. The van der Waals surface area contributed by atoms with Crippen molar-refractivity contribution in [3.05, 3.63) is 21.9 Å². The molecule has 1 aromatic heterocycles.